The third-order valence-electron chi connectivity index (χ3n) is 3.83. The molecule has 2 aliphatic heterocycles. The quantitative estimate of drug-likeness (QED) is 0.648. The van der Waals surface area contributed by atoms with Gasteiger partial charge in [-0.2, -0.15) is 21.6 Å². The van der Waals surface area contributed by atoms with Gasteiger partial charge >= 0.3 is 17.1 Å². The van der Waals surface area contributed by atoms with Crippen molar-refractivity contribution in [3.8, 4) is 5.88 Å². The number of hydrogen-bond donors (Lipinski definition) is 1. The highest BCUT2D eigenvalue weighted by Gasteiger charge is 2.50. The summed E-state index contributed by atoms with van der Waals surface area (Å²) in [6, 6.07) is 1.29. The maximum Gasteiger partial charge on any atom is 1.00 e. The molecule has 1 atom stereocenters. The topological polar surface area (TPSA) is 73.2 Å². The highest BCUT2D eigenvalue weighted by molar-refractivity contribution is 7.87. The predicted molar refractivity (Wildman–Crippen MR) is 62.7 cm³/mol. The van der Waals surface area contributed by atoms with Crippen molar-refractivity contribution in [3.63, 3.8) is 0 Å². The van der Waals surface area contributed by atoms with Crippen LogP contribution in [-0.4, -0.2) is 36.8 Å². The molecular formula is C10H13F3N3O3S+. The van der Waals surface area contributed by atoms with E-state index in [9.17, 15) is 21.6 Å². The van der Waals surface area contributed by atoms with Gasteiger partial charge in [0, 0.05) is 30.3 Å². The van der Waals surface area contributed by atoms with Crippen LogP contribution in [0, 0.1) is 0 Å². The van der Waals surface area contributed by atoms with Crippen molar-refractivity contribution in [2.24, 2.45) is 0 Å². The second-order valence-corrected chi connectivity index (χ2v) is 6.57. The molecule has 3 rings (SSSR count). The van der Waals surface area contributed by atoms with E-state index < -0.39 is 21.5 Å². The highest BCUT2D eigenvalue weighted by Crippen LogP contribution is 2.41. The Bertz CT molecular complexity index is 638. The Labute approximate surface area is 114 Å². The second-order valence-electron chi connectivity index (χ2n) is 5.03. The SMILES string of the molecule is O=S(=O)(Oc1cc2n(n1)CC[C@@]21CCNC1)C(F)(F)F.[H+]. The van der Waals surface area contributed by atoms with Crippen molar-refractivity contribution in [1.29, 1.82) is 0 Å². The molecule has 0 aromatic carbocycles. The van der Waals surface area contributed by atoms with Crippen LogP contribution < -0.4 is 9.50 Å². The molecule has 10 heteroatoms. The van der Waals surface area contributed by atoms with Gasteiger partial charge in [-0.15, -0.1) is 5.10 Å². The van der Waals surface area contributed by atoms with E-state index in [4.69, 9.17) is 0 Å². The van der Waals surface area contributed by atoms with Crippen molar-refractivity contribution < 1.29 is 27.2 Å². The maximum atomic E-state index is 12.3. The lowest BCUT2D eigenvalue weighted by Crippen LogP contribution is -2.28. The molecule has 1 saturated heterocycles. The number of halogens is 3. The van der Waals surface area contributed by atoms with Gasteiger partial charge < -0.3 is 9.50 Å². The molecule has 0 saturated carbocycles. The molecule has 1 spiro atoms. The van der Waals surface area contributed by atoms with Crippen LogP contribution in [0.3, 0.4) is 0 Å². The molecule has 1 aromatic rings. The van der Waals surface area contributed by atoms with Crippen LogP contribution in [-0.2, 0) is 22.1 Å². The number of nitrogens with zero attached hydrogens (tertiary/aromatic N) is 2. The number of hydrogen-bond acceptors (Lipinski definition) is 5. The molecule has 1 fully saturated rings. The minimum absolute atomic E-state index is 0. The third-order valence-corrected chi connectivity index (χ3v) is 4.78. The van der Waals surface area contributed by atoms with E-state index >= 15 is 0 Å². The van der Waals surface area contributed by atoms with Crippen LogP contribution in [0.1, 0.15) is 20.0 Å². The van der Waals surface area contributed by atoms with Crippen LogP contribution in [0.15, 0.2) is 6.07 Å². The van der Waals surface area contributed by atoms with Crippen LogP contribution in [0.5, 0.6) is 5.88 Å². The average Bonchev–Trinajstić information content (AvgIpc) is 2.97. The molecule has 0 amide bonds. The lowest BCUT2D eigenvalue weighted by molar-refractivity contribution is -0.0501. The molecule has 3 heterocycles. The van der Waals surface area contributed by atoms with E-state index in [2.05, 4.69) is 14.6 Å². The molecule has 112 valence electrons. The maximum absolute atomic E-state index is 12.3. The van der Waals surface area contributed by atoms with Gasteiger partial charge in [-0.1, -0.05) is 0 Å². The van der Waals surface area contributed by atoms with Crippen molar-refractivity contribution in [2.75, 3.05) is 13.1 Å². The Morgan fingerprint density at radius 1 is 1.45 bits per heavy atom. The van der Waals surface area contributed by atoms with Crippen LogP contribution in [0.25, 0.3) is 0 Å². The van der Waals surface area contributed by atoms with Crippen molar-refractivity contribution in [2.45, 2.75) is 30.3 Å². The number of nitrogens with one attached hydrogen (secondary N) is 1. The lowest BCUT2D eigenvalue weighted by Gasteiger charge is -2.19. The zero-order valence-electron chi connectivity index (χ0n) is 11.3. The molecule has 1 N–H and O–H groups in total. The normalized spacial score (nSPS) is 26.1. The number of rotatable bonds is 2. The van der Waals surface area contributed by atoms with E-state index in [-0.39, 0.29) is 6.84 Å². The molecule has 20 heavy (non-hydrogen) atoms. The standard InChI is InChI=1S/C10H12F3N3O3S/c11-10(12,13)20(17,18)19-8-5-7-9(1-3-14-6-9)2-4-16(7)15-8/h5,14H,1-4,6H2/p+1/t9-/m1/s1. The smallest absolute Gasteiger partial charge is 0.354 e. The number of fused-ring (bicyclic) bond motifs is 2. The molecule has 1 aromatic heterocycles. The fraction of sp³-hybridized carbons (Fsp3) is 0.700. The fourth-order valence-electron chi connectivity index (χ4n) is 2.81. The summed E-state index contributed by atoms with van der Waals surface area (Å²) >= 11 is 0. The van der Waals surface area contributed by atoms with Crippen molar-refractivity contribution >= 4 is 10.1 Å². The van der Waals surface area contributed by atoms with Crippen molar-refractivity contribution in [1.82, 2.24) is 15.1 Å². The summed E-state index contributed by atoms with van der Waals surface area (Å²) in [7, 11) is -5.66. The predicted octanol–water partition coefficient (Wildman–Crippen LogP) is 0.859. The summed E-state index contributed by atoms with van der Waals surface area (Å²) in [5.74, 6) is -0.525. The molecule has 0 aliphatic carbocycles. The number of alkyl halides is 3. The highest BCUT2D eigenvalue weighted by atomic mass is 32.2. The Morgan fingerprint density at radius 2 is 2.20 bits per heavy atom. The van der Waals surface area contributed by atoms with E-state index in [0.29, 0.717) is 13.1 Å². The van der Waals surface area contributed by atoms with E-state index in [1.54, 1.807) is 0 Å². The van der Waals surface area contributed by atoms with Gasteiger partial charge in [0.2, 0.25) is 0 Å². The zero-order chi connectivity index (χ0) is 14.6. The first-order chi connectivity index (χ1) is 9.24. The van der Waals surface area contributed by atoms with Gasteiger partial charge in [0.1, 0.15) is 0 Å². The fourth-order valence-corrected chi connectivity index (χ4v) is 3.22. The minimum Gasteiger partial charge on any atom is -0.354 e. The van der Waals surface area contributed by atoms with Gasteiger partial charge in [0.15, 0.2) is 0 Å². The Balaban J connectivity index is 0.00000161. The van der Waals surface area contributed by atoms with E-state index in [1.807, 2.05) is 0 Å². The van der Waals surface area contributed by atoms with Crippen molar-refractivity contribution in [3.05, 3.63) is 11.8 Å². The average molecular weight is 312 g/mol. The van der Waals surface area contributed by atoms with Gasteiger partial charge in [-0.25, -0.2) is 0 Å². The zero-order valence-corrected chi connectivity index (χ0v) is 11.1. The first-order valence-electron chi connectivity index (χ1n) is 6.03. The Hall–Kier alpha value is -1.29. The molecular weight excluding hydrogens is 299 g/mol. The molecule has 0 unspecified atom stereocenters. The monoisotopic (exact) mass is 312 g/mol. The molecule has 6 nitrogen and oxygen atoms in total. The third kappa shape index (κ3) is 1.97. The summed E-state index contributed by atoms with van der Waals surface area (Å²) in [5, 5.41) is 6.99. The van der Waals surface area contributed by atoms with Crippen LogP contribution >= 0.6 is 0 Å². The minimum atomic E-state index is -5.66. The summed E-state index contributed by atoms with van der Waals surface area (Å²) in [6.07, 6.45) is 1.69. The van der Waals surface area contributed by atoms with Crippen LogP contribution in [0.2, 0.25) is 0 Å². The number of aryl methyl sites for hydroxylation is 1. The molecule has 2 aliphatic rings. The summed E-state index contributed by atoms with van der Waals surface area (Å²) in [6.45, 7) is 2.08. The molecule has 0 radical (unpaired) electrons. The molecule has 0 bridgehead atoms. The first kappa shape index (κ1) is 13.7. The van der Waals surface area contributed by atoms with E-state index in [1.165, 1.54) is 10.7 Å². The Kier molecular flexibility index (Phi) is 2.81. The lowest BCUT2D eigenvalue weighted by atomic mass is 9.83. The van der Waals surface area contributed by atoms with Gasteiger partial charge in [0.05, 0.1) is 0 Å². The summed E-state index contributed by atoms with van der Waals surface area (Å²) < 4.78 is 64.3. The summed E-state index contributed by atoms with van der Waals surface area (Å²) in [5.41, 5.74) is -4.89. The first-order valence-corrected chi connectivity index (χ1v) is 7.44. The Morgan fingerprint density at radius 3 is 2.80 bits per heavy atom. The van der Waals surface area contributed by atoms with Crippen LogP contribution in [0.4, 0.5) is 13.2 Å². The van der Waals surface area contributed by atoms with E-state index in [0.717, 1.165) is 25.1 Å². The van der Waals surface area contributed by atoms with Gasteiger partial charge in [-0.3, -0.25) is 4.68 Å². The largest absolute Gasteiger partial charge is 1.00 e. The van der Waals surface area contributed by atoms with Gasteiger partial charge in [0.25, 0.3) is 5.88 Å². The van der Waals surface area contributed by atoms with Gasteiger partial charge in [-0.05, 0) is 19.4 Å². The number of aromatic nitrogens is 2. The summed E-state index contributed by atoms with van der Waals surface area (Å²) in [4.78, 5) is 0. The second kappa shape index (κ2) is 4.10.